The second-order valence-electron chi connectivity index (χ2n) is 3.23. The first-order chi connectivity index (χ1) is 7.48. The number of para-hydroxylation sites is 1. The number of anilines is 1. The van der Waals surface area contributed by atoms with Crippen molar-refractivity contribution in [3.8, 4) is 0 Å². The number of alkyl halides is 3. The zero-order valence-electron chi connectivity index (χ0n) is 7.95. The summed E-state index contributed by atoms with van der Waals surface area (Å²) >= 11 is 0. The summed E-state index contributed by atoms with van der Waals surface area (Å²) in [5.41, 5.74) is 2.36. The quantitative estimate of drug-likeness (QED) is 0.771. The van der Waals surface area contributed by atoms with Crippen LogP contribution >= 0.6 is 0 Å². The molecular formula is C9H8F3N3O. The summed E-state index contributed by atoms with van der Waals surface area (Å²) in [5.74, 6) is 0. The molecular weight excluding hydrogens is 223 g/mol. The minimum atomic E-state index is -4.53. The largest absolute Gasteiger partial charge is 0.429 e. The predicted octanol–water partition coefficient (Wildman–Crippen LogP) is 1.61. The highest BCUT2D eigenvalue weighted by molar-refractivity contribution is 5.80. The fourth-order valence-electron chi connectivity index (χ4n) is 1.43. The van der Waals surface area contributed by atoms with Crippen molar-refractivity contribution in [1.82, 2.24) is 10.7 Å². The van der Waals surface area contributed by atoms with E-state index in [4.69, 9.17) is 0 Å². The molecule has 1 unspecified atom stereocenters. The van der Waals surface area contributed by atoms with E-state index in [0.717, 1.165) is 5.01 Å². The summed E-state index contributed by atoms with van der Waals surface area (Å²) in [5, 5.41) is 2.55. The van der Waals surface area contributed by atoms with Gasteiger partial charge in [0.15, 0.2) is 0 Å². The average molecular weight is 231 g/mol. The Balaban J connectivity index is 2.30. The lowest BCUT2D eigenvalue weighted by molar-refractivity contribution is -0.150. The first-order valence-corrected chi connectivity index (χ1v) is 4.46. The van der Waals surface area contributed by atoms with E-state index in [2.05, 4.69) is 5.43 Å². The molecule has 0 spiro atoms. The van der Waals surface area contributed by atoms with Crippen LogP contribution in [0.1, 0.15) is 0 Å². The molecule has 1 aromatic rings. The van der Waals surface area contributed by atoms with E-state index in [1.54, 1.807) is 23.5 Å². The molecule has 4 nitrogen and oxygen atoms in total. The molecule has 0 aliphatic carbocycles. The van der Waals surface area contributed by atoms with Crippen LogP contribution in [0.15, 0.2) is 30.3 Å². The fourth-order valence-corrected chi connectivity index (χ4v) is 1.43. The average Bonchev–Trinajstić information content (AvgIpc) is 2.61. The van der Waals surface area contributed by atoms with Gasteiger partial charge in [0.05, 0.1) is 5.69 Å². The van der Waals surface area contributed by atoms with Gasteiger partial charge in [0.1, 0.15) is 0 Å². The lowest BCUT2D eigenvalue weighted by Gasteiger charge is -2.25. The molecule has 1 heterocycles. The number of carbonyl (C=O) groups excluding carboxylic acids is 1. The Bertz CT molecular complexity index is 393. The molecule has 0 saturated carbocycles. The van der Waals surface area contributed by atoms with E-state index in [0.29, 0.717) is 0 Å². The lowest BCUT2D eigenvalue weighted by atomic mass is 10.3. The van der Waals surface area contributed by atoms with Gasteiger partial charge < -0.3 is 5.32 Å². The number of nitrogens with zero attached hydrogens (tertiary/aromatic N) is 1. The molecule has 0 bridgehead atoms. The Kier molecular flexibility index (Phi) is 2.37. The van der Waals surface area contributed by atoms with Crippen molar-refractivity contribution in [1.29, 1.82) is 0 Å². The molecule has 7 heteroatoms. The molecule has 0 aromatic heterocycles. The molecule has 1 aromatic carbocycles. The maximum atomic E-state index is 12.6. The van der Waals surface area contributed by atoms with Crippen molar-refractivity contribution in [2.45, 2.75) is 12.3 Å². The van der Waals surface area contributed by atoms with Crippen LogP contribution in [0.4, 0.5) is 23.7 Å². The Morgan fingerprint density at radius 3 is 2.38 bits per heavy atom. The van der Waals surface area contributed by atoms with Crippen LogP contribution in [0.2, 0.25) is 0 Å². The van der Waals surface area contributed by atoms with Gasteiger partial charge in [-0.25, -0.2) is 10.2 Å². The van der Waals surface area contributed by atoms with E-state index in [9.17, 15) is 18.0 Å². The van der Waals surface area contributed by atoms with Crippen molar-refractivity contribution in [3.05, 3.63) is 30.3 Å². The highest BCUT2D eigenvalue weighted by Crippen LogP contribution is 2.27. The van der Waals surface area contributed by atoms with Crippen LogP contribution < -0.4 is 15.8 Å². The standard InChI is InChI=1S/C9H8F3N3O/c10-9(11,12)7-13-8(16)14-15(7)6-4-2-1-3-5-6/h1-5,7H,(H2,13,14,16). The Morgan fingerprint density at radius 2 is 1.81 bits per heavy atom. The third kappa shape index (κ3) is 1.88. The molecule has 0 radical (unpaired) electrons. The first-order valence-electron chi connectivity index (χ1n) is 4.46. The zero-order valence-corrected chi connectivity index (χ0v) is 7.95. The number of hydrazine groups is 1. The topological polar surface area (TPSA) is 44.4 Å². The summed E-state index contributed by atoms with van der Waals surface area (Å²) < 4.78 is 37.7. The molecule has 1 aliphatic heterocycles. The van der Waals surface area contributed by atoms with Crippen LogP contribution in [0.5, 0.6) is 0 Å². The highest BCUT2D eigenvalue weighted by Gasteiger charge is 2.49. The molecule has 1 atom stereocenters. The van der Waals surface area contributed by atoms with Crippen LogP contribution in [0.25, 0.3) is 0 Å². The summed E-state index contributed by atoms with van der Waals surface area (Å²) in [6, 6.07) is 6.95. The third-order valence-electron chi connectivity index (χ3n) is 2.09. The minimum Gasteiger partial charge on any atom is -0.307 e. The summed E-state index contributed by atoms with van der Waals surface area (Å²) in [7, 11) is 0. The number of carbonyl (C=O) groups is 1. The van der Waals surface area contributed by atoms with Gasteiger partial charge in [0, 0.05) is 0 Å². The van der Waals surface area contributed by atoms with E-state index in [1.165, 1.54) is 12.1 Å². The summed E-state index contributed by atoms with van der Waals surface area (Å²) in [6.45, 7) is 0. The van der Waals surface area contributed by atoms with Gasteiger partial charge in [-0.3, -0.25) is 5.01 Å². The van der Waals surface area contributed by atoms with Crippen LogP contribution in [-0.2, 0) is 0 Å². The zero-order chi connectivity index (χ0) is 11.8. The smallest absolute Gasteiger partial charge is 0.307 e. The Labute approximate surface area is 89.0 Å². The van der Waals surface area contributed by atoms with E-state index >= 15 is 0 Å². The van der Waals surface area contributed by atoms with Gasteiger partial charge in [-0.15, -0.1) is 0 Å². The predicted molar refractivity (Wildman–Crippen MR) is 50.4 cm³/mol. The molecule has 2 rings (SSSR count). The number of nitrogens with one attached hydrogen (secondary N) is 2. The second-order valence-corrected chi connectivity index (χ2v) is 3.23. The number of amides is 2. The second kappa shape index (κ2) is 3.58. The van der Waals surface area contributed by atoms with Gasteiger partial charge in [-0.05, 0) is 12.1 Å². The number of halogens is 3. The van der Waals surface area contributed by atoms with E-state index in [1.807, 2.05) is 0 Å². The normalized spacial score (nSPS) is 20.6. The Hall–Kier alpha value is -1.92. The molecule has 2 N–H and O–H groups in total. The molecule has 1 aliphatic rings. The highest BCUT2D eigenvalue weighted by atomic mass is 19.4. The van der Waals surface area contributed by atoms with Gasteiger partial charge in [-0.2, -0.15) is 13.2 Å². The number of rotatable bonds is 1. The van der Waals surface area contributed by atoms with Crippen molar-refractivity contribution in [2.24, 2.45) is 0 Å². The van der Waals surface area contributed by atoms with E-state index in [-0.39, 0.29) is 5.69 Å². The SMILES string of the molecule is O=C1NC(C(F)(F)F)N(c2ccccc2)N1. The fraction of sp³-hybridized carbons (Fsp3) is 0.222. The summed E-state index contributed by atoms with van der Waals surface area (Å²) in [4.78, 5) is 10.9. The maximum absolute atomic E-state index is 12.6. The Morgan fingerprint density at radius 1 is 1.19 bits per heavy atom. The van der Waals surface area contributed by atoms with Gasteiger partial charge in [-0.1, -0.05) is 18.2 Å². The molecule has 2 amide bonds. The summed E-state index contributed by atoms with van der Waals surface area (Å²) in [6.07, 6.45) is -6.57. The van der Waals surface area contributed by atoms with Crippen molar-refractivity contribution < 1.29 is 18.0 Å². The van der Waals surface area contributed by atoms with Crippen molar-refractivity contribution >= 4 is 11.7 Å². The minimum absolute atomic E-state index is 0.267. The van der Waals surface area contributed by atoms with Gasteiger partial charge >= 0.3 is 12.2 Å². The number of urea groups is 1. The van der Waals surface area contributed by atoms with Crippen molar-refractivity contribution in [3.63, 3.8) is 0 Å². The van der Waals surface area contributed by atoms with Crippen LogP contribution in [-0.4, -0.2) is 18.4 Å². The first kappa shape index (κ1) is 10.6. The van der Waals surface area contributed by atoms with Crippen LogP contribution in [0, 0.1) is 0 Å². The molecule has 16 heavy (non-hydrogen) atoms. The number of benzene rings is 1. The van der Waals surface area contributed by atoms with E-state index < -0.39 is 18.4 Å². The lowest BCUT2D eigenvalue weighted by Crippen LogP contribution is -2.49. The monoisotopic (exact) mass is 231 g/mol. The van der Waals surface area contributed by atoms with Crippen molar-refractivity contribution in [2.75, 3.05) is 5.01 Å². The third-order valence-corrected chi connectivity index (χ3v) is 2.09. The number of hydrogen-bond donors (Lipinski definition) is 2. The van der Waals surface area contributed by atoms with Gasteiger partial charge in [0.25, 0.3) is 0 Å². The molecule has 86 valence electrons. The van der Waals surface area contributed by atoms with Crippen LogP contribution in [0.3, 0.4) is 0 Å². The molecule has 1 saturated heterocycles. The molecule has 1 fully saturated rings. The maximum Gasteiger partial charge on any atom is 0.429 e. The van der Waals surface area contributed by atoms with Gasteiger partial charge in [0.2, 0.25) is 6.17 Å². The number of hydrogen-bond acceptors (Lipinski definition) is 2.